The van der Waals surface area contributed by atoms with Gasteiger partial charge >= 0.3 is 0 Å². The second-order valence-electron chi connectivity index (χ2n) is 6.92. The number of hydrogen-bond donors (Lipinski definition) is 0. The Hall–Kier alpha value is -1.54. The van der Waals surface area contributed by atoms with Crippen molar-refractivity contribution >= 4 is 21.6 Å². The summed E-state index contributed by atoms with van der Waals surface area (Å²) >= 11 is 5.89. The predicted octanol–water partition coefficient (Wildman–Crippen LogP) is 2.64. The van der Waals surface area contributed by atoms with Crippen LogP contribution in [0.3, 0.4) is 0 Å². The summed E-state index contributed by atoms with van der Waals surface area (Å²) in [6, 6.07) is 6.00. The number of aromatic nitrogens is 2. The molecule has 0 aliphatic carbocycles. The van der Waals surface area contributed by atoms with Gasteiger partial charge in [0.15, 0.2) is 0 Å². The Balaban J connectivity index is 1.66. The van der Waals surface area contributed by atoms with Crippen LogP contribution in [0.25, 0.3) is 0 Å². The van der Waals surface area contributed by atoms with Crippen LogP contribution in [0.2, 0.25) is 5.02 Å². The van der Waals surface area contributed by atoms with E-state index >= 15 is 0 Å². The summed E-state index contributed by atoms with van der Waals surface area (Å²) in [7, 11) is -1.52. The van der Waals surface area contributed by atoms with Gasteiger partial charge in [0.1, 0.15) is 5.82 Å². The molecule has 0 bridgehead atoms. The molecule has 1 fully saturated rings. The maximum Gasteiger partial charge on any atom is 0.243 e. The Morgan fingerprint density at radius 1 is 1.19 bits per heavy atom. The van der Waals surface area contributed by atoms with E-state index in [0.29, 0.717) is 17.4 Å². The monoisotopic (exact) mass is 392 g/mol. The van der Waals surface area contributed by atoms with E-state index in [2.05, 4.69) is 16.9 Å². The second-order valence-corrected chi connectivity index (χ2v) is 9.24. The largest absolute Gasteiger partial charge is 0.302 e. The molecule has 2 aliphatic heterocycles. The number of sulfonamides is 1. The van der Waals surface area contributed by atoms with E-state index in [0.717, 1.165) is 43.6 Å². The number of halogens is 1. The van der Waals surface area contributed by atoms with Gasteiger partial charge in [-0.2, -0.15) is 4.31 Å². The van der Waals surface area contributed by atoms with Gasteiger partial charge in [-0.05, 0) is 44.2 Å². The Bertz CT molecular complexity index is 917. The molecular formula is C18H21ClN4O2S. The first-order valence-corrected chi connectivity index (χ1v) is 10.6. The van der Waals surface area contributed by atoms with Crippen molar-refractivity contribution < 1.29 is 8.42 Å². The minimum Gasteiger partial charge on any atom is -0.302 e. The molecule has 0 N–H and O–H groups in total. The lowest BCUT2D eigenvalue weighted by Crippen LogP contribution is -2.33. The zero-order valence-corrected chi connectivity index (χ0v) is 16.2. The third kappa shape index (κ3) is 3.24. The maximum atomic E-state index is 13.1. The van der Waals surface area contributed by atoms with Crippen molar-refractivity contribution in [3.05, 3.63) is 52.6 Å². The summed E-state index contributed by atoms with van der Waals surface area (Å²) in [6.45, 7) is 2.28. The van der Waals surface area contributed by atoms with Gasteiger partial charge in [0, 0.05) is 48.5 Å². The van der Waals surface area contributed by atoms with Crippen LogP contribution < -0.4 is 0 Å². The van der Waals surface area contributed by atoms with E-state index in [9.17, 15) is 8.42 Å². The van der Waals surface area contributed by atoms with Crippen LogP contribution in [0.4, 0.5) is 0 Å². The Labute approximate surface area is 158 Å². The fourth-order valence-electron chi connectivity index (χ4n) is 3.66. The zero-order chi connectivity index (χ0) is 18.3. The first-order chi connectivity index (χ1) is 12.4. The van der Waals surface area contributed by atoms with Crippen LogP contribution in [0.5, 0.6) is 0 Å². The molecule has 1 atom stereocenters. The lowest BCUT2D eigenvalue weighted by Gasteiger charge is -2.26. The van der Waals surface area contributed by atoms with E-state index in [1.807, 2.05) is 6.20 Å². The lowest BCUT2D eigenvalue weighted by molar-refractivity contribution is 0.306. The number of likely N-dealkylation sites (N-methyl/N-ethyl adjacent to an activating group) is 1. The molecule has 26 heavy (non-hydrogen) atoms. The number of rotatable bonds is 3. The van der Waals surface area contributed by atoms with Crippen LogP contribution in [0.15, 0.2) is 35.4 Å². The average molecular weight is 393 g/mol. The standard InChI is InChI=1S/C18H21ClN4O2S/c1-22-10-8-16-13(12-22)11-20-18(21-16)17-3-2-9-23(17)26(24,25)15-6-4-14(19)5-7-15/h4-7,11,17H,2-3,8-10,12H2,1H3/t17-/m1/s1. The molecule has 0 radical (unpaired) electrons. The van der Waals surface area contributed by atoms with E-state index in [-0.39, 0.29) is 10.9 Å². The van der Waals surface area contributed by atoms with Crippen LogP contribution in [-0.2, 0) is 23.0 Å². The van der Waals surface area contributed by atoms with Gasteiger partial charge in [-0.1, -0.05) is 11.6 Å². The highest BCUT2D eigenvalue weighted by Gasteiger charge is 2.38. The molecule has 4 rings (SSSR count). The van der Waals surface area contributed by atoms with Crippen molar-refractivity contribution in [1.82, 2.24) is 19.2 Å². The van der Waals surface area contributed by atoms with Gasteiger partial charge in [-0.25, -0.2) is 18.4 Å². The van der Waals surface area contributed by atoms with E-state index in [1.54, 1.807) is 24.3 Å². The first-order valence-electron chi connectivity index (χ1n) is 8.76. The topological polar surface area (TPSA) is 66.4 Å². The molecule has 0 unspecified atom stereocenters. The molecule has 1 aromatic carbocycles. The number of nitrogens with zero attached hydrogens (tertiary/aromatic N) is 4. The molecule has 1 saturated heterocycles. The fourth-order valence-corrected chi connectivity index (χ4v) is 5.44. The molecule has 3 heterocycles. The van der Waals surface area contributed by atoms with E-state index in [1.165, 1.54) is 4.31 Å². The fraction of sp³-hybridized carbons (Fsp3) is 0.444. The molecule has 1 aromatic heterocycles. The van der Waals surface area contributed by atoms with Crippen LogP contribution in [0.1, 0.15) is 36.0 Å². The molecule has 0 amide bonds. The van der Waals surface area contributed by atoms with Crippen LogP contribution >= 0.6 is 11.6 Å². The maximum absolute atomic E-state index is 13.1. The summed E-state index contributed by atoms with van der Waals surface area (Å²) in [4.78, 5) is 11.7. The highest BCUT2D eigenvalue weighted by atomic mass is 35.5. The number of hydrogen-bond acceptors (Lipinski definition) is 5. The van der Waals surface area contributed by atoms with Crippen molar-refractivity contribution in [3.63, 3.8) is 0 Å². The minimum atomic E-state index is -3.60. The normalized spacial score (nSPS) is 21.7. The molecule has 6 nitrogen and oxygen atoms in total. The molecule has 0 spiro atoms. The quantitative estimate of drug-likeness (QED) is 0.803. The molecule has 2 aromatic rings. The minimum absolute atomic E-state index is 0.258. The van der Waals surface area contributed by atoms with E-state index < -0.39 is 10.0 Å². The highest BCUT2D eigenvalue weighted by Crippen LogP contribution is 2.35. The smallest absolute Gasteiger partial charge is 0.243 e. The molecular weight excluding hydrogens is 372 g/mol. The summed E-state index contributed by atoms with van der Waals surface area (Å²) in [5, 5.41) is 0.518. The SMILES string of the molecule is CN1CCc2nc([C@H]3CCCN3S(=O)(=O)c3ccc(Cl)cc3)ncc2C1. The molecule has 2 aliphatic rings. The summed E-state index contributed by atoms with van der Waals surface area (Å²) in [5.41, 5.74) is 2.18. The van der Waals surface area contributed by atoms with Gasteiger partial charge in [-0.15, -0.1) is 0 Å². The van der Waals surface area contributed by atoms with Gasteiger partial charge in [0.2, 0.25) is 10.0 Å². The van der Waals surface area contributed by atoms with Gasteiger partial charge in [0.05, 0.1) is 10.9 Å². The Morgan fingerprint density at radius 3 is 2.73 bits per heavy atom. The Morgan fingerprint density at radius 2 is 1.96 bits per heavy atom. The van der Waals surface area contributed by atoms with Crippen LogP contribution in [0, 0.1) is 0 Å². The molecule has 0 saturated carbocycles. The van der Waals surface area contributed by atoms with Crippen molar-refractivity contribution in [2.45, 2.75) is 36.7 Å². The zero-order valence-electron chi connectivity index (χ0n) is 14.6. The predicted molar refractivity (Wildman–Crippen MR) is 99.4 cm³/mol. The highest BCUT2D eigenvalue weighted by molar-refractivity contribution is 7.89. The summed E-state index contributed by atoms with van der Waals surface area (Å²) in [6.07, 6.45) is 4.28. The average Bonchev–Trinajstić information content (AvgIpc) is 3.12. The van der Waals surface area contributed by atoms with Gasteiger partial charge in [-0.3, -0.25) is 0 Å². The van der Waals surface area contributed by atoms with Crippen molar-refractivity contribution in [1.29, 1.82) is 0 Å². The summed E-state index contributed by atoms with van der Waals surface area (Å²) in [5.74, 6) is 0.614. The lowest BCUT2D eigenvalue weighted by atomic mass is 10.1. The number of benzene rings is 1. The van der Waals surface area contributed by atoms with Crippen LogP contribution in [-0.4, -0.2) is 47.7 Å². The van der Waals surface area contributed by atoms with E-state index in [4.69, 9.17) is 16.6 Å². The third-order valence-corrected chi connectivity index (χ3v) is 7.24. The first kappa shape index (κ1) is 17.9. The third-order valence-electron chi connectivity index (χ3n) is 5.07. The van der Waals surface area contributed by atoms with Crippen molar-refractivity contribution in [2.24, 2.45) is 0 Å². The second kappa shape index (κ2) is 6.88. The molecule has 8 heteroatoms. The van der Waals surface area contributed by atoms with Gasteiger partial charge in [0.25, 0.3) is 0 Å². The van der Waals surface area contributed by atoms with Crippen molar-refractivity contribution in [3.8, 4) is 0 Å². The molecule has 138 valence electrons. The number of fused-ring (bicyclic) bond motifs is 1. The van der Waals surface area contributed by atoms with Crippen molar-refractivity contribution in [2.75, 3.05) is 20.1 Å². The summed E-state index contributed by atoms with van der Waals surface area (Å²) < 4.78 is 27.7. The Kier molecular flexibility index (Phi) is 4.73. The van der Waals surface area contributed by atoms with Gasteiger partial charge < -0.3 is 4.90 Å².